The molecule has 0 N–H and O–H groups in total. The number of nitrogens with zero attached hydrogens (tertiary/aromatic N) is 2. The highest BCUT2D eigenvalue weighted by Gasteiger charge is 2.34. The van der Waals surface area contributed by atoms with E-state index in [2.05, 4.69) is 0 Å². The predicted molar refractivity (Wildman–Crippen MR) is 104 cm³/mol. The number of carbonyl (C=O) groups is 2. The third-order valence-corrected chi connectivity index (χ3v) is 4.88. The van der Waals surface area contributed by atoms with Gasteiger partial charge in [-0.2, -0.15) is 0 Å². The minimum atomic E-state index is -0.167. The number of para-hydroxylation sites is 2. The maximum atomic E-state index is 12.9. The van der Waals surface area contributed by atoms with Gasteiger partial charge in [-0.3, -0.25) is 9.59 Å². The summed E-state index contributed by atoms with van der Waals surface area (Å²) in [7, 11) is 0. The molecule has 4 rings (SSSR count). The maximum absolute atomic E-state index is 12.9. The van der Waals surface area contributed by atoms with Crippen molar-refractivity contribution in [2.45, 2.75) is 19.4 Å². The Bertz CT molecular complexity index is 951. The summed E-state index contributed by atoms with van der Waals surface area (Å²) in [5.74, 6) is 0.126. The Balaban J connectivity index is 1.74. The summed E-state index contributed by atoms with van der Waals surface area (Å²) in [4.78, 5) is 28.9. The van der Waals surface area contributed by atoms with Gasteiger partial charge in [-0.25, -0.2) is 0 Å². The predicted octanol–water partition coefficient (Wildman–Crippen LogP) is 4.42. The van der Waals surface area contributed by atoms with Crippen molar-refractivity contribution in [3.63, 3.8) is 0 Å². The van der Waals surface area contributed by atoms with Crippen LogP contribution in [-0.2, 0) is 4.79 Å². The third-order valence-electron chi connectivity index (χ3n) is 4.88. The molecule has 0 radical (unpaired) electrons. The van der Waals surface area contributed by atoms with Gasteiger partial charge < -0.3 is 14.2 Å². The molecule has 3 aromatic rings. The molecule has 1 aliphatic heterocycles. The summed E-state index contributed by atoms with van der Waals surface area (Å²) in [6.07, 6.45) is 2.15. The molecule has 2 amide bonds. The van der Waals surface area contributed by atoms with Crippen LogP contribution in [0.3, 0.4) is 0 Å². The van der Waals surface area contributed by atoms with E-state index in [-0.39, 0.29) is 17.9 Å². The fraction of sp³-hybridized carbons (Fsp3) is 0.182. The van der Waals surface area contributed by atoms with Crippen molar-refractivity contribution in [2.75, 3.05) is 16.3 Å². The first-order chi connectivity index (χ1) is 13.2. The minimum Gasteiger partial charge on any atom is -0.459 e. The highest BCUT2D eigenvalue weighted by atomic mass is 16.3. The second-order valence-electron chi connectivity index (χ2n) is 6.52. The van der Waals surface area contributed by atoms with Crippen molar-refractivity contribution in [1.82, 2.24) is 0 Å². The highest BCUT2D eigenvalue weighted by Crippen LogP contribution is 2.40. The number of amides is 2. The molecule has 0 bridgehead atoms. The first kappa shape index (κ1) is 17.1. The fourth-order valence-corrected chi connectivity index (χ4v) is 3.72. The van der Waals surface area contributed by atoms with Crippen LogP contribution < -0.4 is 9.80 Å². The molecule has 136 valence electrons. The van der Waals surface area contributed by atoms with E-state index in [4.69, 9.17) is 4.42 Å². The summed E-state index contributed by atoms with van der Waals surface area (Å²) in [5, 5.41) is 0. The van der Waals surface area contributed by atoms with Crippen molar-refractivity contribution < 1.29 is 14.0 Å². The molecule has 2 heterocycles. The Morgan fingerprint density at radius 3 is 2.44 bits per heavy atom. The van der Waals surface area contributed by atoms with Crippen LogP contribution >= 0.6 is 0 Å². The molecule has 0 spiro atoms. The standard InChI is InChI=1S/C22H20N2O3/c1-16(25)24(17-8-3-2-4-9-17)20-13-14-23(19-11-6-5-10-18(19)20)22(26)21-12-7-15-27-21/h2-12,15,20H,13-14H2,1H3. The number of benzene rings is 2. The normalized spacial score (nSPS) is 15.9. The van der Waals surface area contributed by atoms with Crippen LogP contribution in [-0.4, -0.2) is 18.4 Å². The molecule has 5 nitrogen and oxygen atoms in total. The Labute approximate surface area is 157 Å². The summed E-state index contributed by atoms with van der Waals surface area (Å²) < 4.78 is 5.29. The summed E-state index contributed by atoms with van der Waals surface area (Å²) in [6, 6.07) is 20.7. The van der Waals surface area contributed by atoms with Gasteiger partial charge in [-0.15, -0.1) is 0 Å². The van der Waals surface area contributed by atoms with Gasteiger partial charge in [0.25, 0.3) is 5.91 Å². The zero-order valence-electron chi connectivity index (χ0n) is 15.0. The SMILES string of the molecule is CC(=O)N(c1ccccc1)C1CCN(C(=O)c2ccco2)c2ccccc21. The van der Waals surface area contributed by atoms with E-state index in [9.17, 15) is 9.59 Å². The number of fused-ring (bicyclic) bond motifs is 1. The van der Waals surface area contributed by atoms with Gasteiger partial charge in [0.1, 0.15) is 0 Å². The van der Waals surface area contributed by atoms with Crippen LogP contribution in [0, 0.1) is 0 Å². The number of furan rings is 1. The lowest BCUT2D eigenvalue weighted by Crippen LogP contribution is -2.42. The van der Waals surface area contributed by atoms with Crippen LogP contribution in [0.5, 0.6) is 0 Å². The van der Waals surface area contributed by atoms with Crippen molar-refractivity contribution in [1.29, 1.82) is 0 Å². The molecule has 2 aromatic carbocycles. The molecular formula is C22H20N2O3. The molecule has 0 aliphatic carbocycles. The van der Waals surface area contributed by atoms with E-state index in [1.165, 1.54) is 6.26 Å². The Morgan fingerprint density at radius 2 is 1.74 bits per heavy atom. The monoisotopic (exact) mass is 360 g/mol. The molecule has 1 aliphatic rings. The first-order valence-electron chi connectivity index (χ1n) is 8.96. The fourth-order valence-electron chi connectivity index (χ4n) is 3.72. The van der Waals surface area contributed by atoms with E-state index in [1.54, 1.807) is 24.0 Å². The summed E-state index contributed by atoms with van der Waals surface area (Å²) >= 11 is 0. The molecule has 1 atom stereocenters. The molecule has 0 saturated heterocycles. The third kappa shape index (κ3) is 3.12. The van der Waals surface area contributed by atoms with Gasteiger partial charge in [-0.05, 0) is 42.3 Å². The van der Waals surface area contributed by atoms with E-state index >= 15 is 0 Å². The molecular weight excluding hydrogens is 340 g/mol. The van der Waals surface area contributed by atoms with E-state index in [0.717, 1.165) is 16.9 Å². The second kappa shape index (κ2) is 7.11. The summed E-state index contributed by atoms with van der Waals surface area (Å²) in [5.41, 5.74) is 2.63. The Kier molecular flexibility index (Phi) is 4.50. The topological polar surface area (TPSA) is 53.8 Å². The number of anilines is 2. The Hall–Kier alpha value is -3.34. The van der Waals surface area contributed by atoms with E-state index < -0.39 is 0 Å². The largest absolute Gasteiger partial charge is 0.459 e. The van der Waals surface area contributed by atoms with Crippen molar-refractivity contribution >= 4 is 23.2 Å². The van der Waals surface area contributed by atoms with Gasteiger partial charge >= 0.3 is 0 Å². The highest BCUT2D eigenvalue weighted by molar-refractivity contribution is 6.05. The number of carbonyl (C=O) groups excluding carboxylic acids is 2. The zero-order chi connectivity index (χ0) is 18.8. The van der Waals surface area contributed by atoms with Gasteiger partial charge in [0.2, 0.25) is 5.91 Å². The number of hydrogen-bond donors (Lipinski definition) is 0. The zero-order valence-corrected chi connectivity index (χ0v) is 15.0. The maximum Gasteiger partial charge on any atom is 0.293 e. The Morgan fingerprint density at radius 1 is 1.00 bits per heavy atom. The number of rotatable bonds is 3. The average Bonchev–Trinajstić information content (AvgIpc) is 3.23. The van der Waals surface area contributed by atoms with Crippen LogP contribution in [0.1, 0.15) is 35.5 Å². The van der Waals surface area contributed by atoms with Crippen LogP contribution in [0.2, 0.25) is 0 Å². The smallest absolute Gasteiger partial charge is 0.293 e. The van der Waals surface area contributed by atoms with Crippen LogP contribution in [0.25, 0.3) is 0 Å². The first-order valence-corrected chi connectivity index (χ1v) is 8.96. The quantitative estimate of drug-likeness (QED) is 0.694. The summed E-state index contributed by atoms with van der Waals surface area (Å²) in [6.45, 7) is 2.09. The molecule has 5 heteroatoms. The van der Waals surface area contributed by atoms with Gasteiger partial charge in [0, 0.05) is 24.8 Å². The van der Waals surface area contributed by atoms with E-state index in [0.29, 0.717) is 18.7 Å². The lowest BCUT2D eigenvalue weighted by atomic mass is 9.94. The van der Waals surface area contributed by atoms with E-state index in [1.807, 2.05) is 59.5 Å². The lowest BCUT2D eigenvalue weighted by Gasteiger charge is -2.39. The average molecular weight is 360 g/mol. The van der Waals surface area contributed by atoms with Gasteiger partial charge in [0.15, 0.2) is 5.76 Å². The minimum absolute atomic E-state index is 0.0215. The van der Waals surface area contributed by atoms with Gasteiger partial charge in [0.05, 0.1) is 12.3 Å². The lowest BCUT2D eigenvalue weighted by molar-refractivity contribution is -0.117. The van der Waals surface area contributed by atoms with Gasteiger partial charge in [-0.1, -0.05) is 36.4 Å². The molecule has 0 saturated carbocycles. The van der Waals surface area contributed by atoms with Crippen molar-refractivity contribution in [3.05, 3.63) is 84.3 Å². The van der Waals surface area contributed by atoms with Crippen molar-refractivity contribution in [3.8, 4) is 0 Å². The number of hydrogen-bond acceptors (Lipinski definition) is 3. The molecule has 27 heavy (non-hydrogen) atoms. The molecule has 1 aromatic heterocycles. The molecule has 1 unspecified atom stereocenters. The second-order valence-corrected chi connectivity index (χ2v) is 6.52. The van der Waals surface area contributed by atoms with Crippen LogP contribution in [0.4, 0.5) is 11.4 Å². The van der Waals surface area contributed by atoms with Crippen molar-refractivity contribution in [2.24, 2.45) is 0 Å². The molecule has 0 fully saturated rings. The van der Waals surface area contributed by atoms with Crippen LogP contribution in [0.15, 0.2) is 77.4 Å².